The summed E-state index contributed by atoms with van der Waals surface area (Å²) in [6.07, 6.45) is 1.13. The van der Waals surface area contributed by atoms with Crippen LogP contribution < -0.4 is 16.4 Å². The highest BCUT2D eigenvalue weighted by Crippen LogP contribution is 2.16. The maximum Gasteiger partial charge on any atom is 0.273 e. The summed E-state index contributed by atoms with van der Waals surface area (Å²) in [6, 6.07) is 12.4. The Morgan fingerprint density at radius 1 is 1.07 bits per heavy atom. The summed E-state index contributed by atoms with van der Waals surface area (Å²) in [4.78, 5) is 37.0. The van der Waals surface area contributed by atoms with Gasteiger partial charge in [-0.25, -0.2) is 13.1 Å². The Balaban J connectivity index is 1.67. The summed E-state index contributed by atoms with van der Waals surface area (Å²) in [5.74, 6) is -0.300. The van der Waals surface area contributed by atoms with Gasteiger partial charge in [-0.3, -0.25) is 19.5 Å². The highest BCUT2D eigenvalue weighted by atomic mass is 32.2. The average molecular weight is 415 g/mol. The summed E-state index contributed by atoms with van der Waals surface area (Å²) in [6.45, 7) is 1.81. The summed E-state index contributed by atoms with van der Waals surface area (Å²) in [5, 5.41) is 5.90. The van der Waals surface area contributed by atoms with Crippen LogP contribution in [0.25, 0.3) is 10.8 Å². The second kappa shape index (κ2) is 8.04. The minimum absolute atomic E-state index is 0.0000499. The Morgan fingerprint density at radius 2 is 1.69 bits per heavy atom. The first kappa shape index (κ1) is 20.5. The van der Waals surface area contributed by atoms with Crippen LogP contribution in [-0.2, 0) is 21.2 Å². The van der Waals surface area contributed by atoms with Crippen LogP contribution in [0.3, 0.4) is 0 Å². The third-order valence-electron chi connectivity index (χ3n) is 4.63. The molecule has 3 rings (SSSR count). The van der Waals surface area contributed by atoms with E-state index in [0.29, 0.717) is 10.8 Å². The molecule has 0 unspecified atom stereocenters. The van der Waals surface area contributed by atoms with Gasteiger partial charge in [-0.05, 0) is 36.8 Å². The Morgan fingerprint density at radius 3 is 2.31 bits per heavy atom. The number of sulfone groups is 1. The Bertz CT molecular complexity index is 1270. The molecule has 152 valence electrons. The first-order valence-electron chi connectivity index (χ1n) is 8.98. The summed E-state index contributed by atoms with van der Waals surface area (Å²) in [7, 11) is -3.28. The van der Waals surface area contributed by atoms with Crippen molar-refractivity contribution in [1.82, 2.24) is 15.1 Å². The van der Waals surface area contributed by atoms with E-state index in [1.807, 2.05) is 0 Å². The van der Waals surface area contributed by atoms with Gasteiger partial charge in [0.2, 0.25) is 5.91 Å². The van der Waals surface area contributed by atoms with Gasteiger partial charge in [0.25, 0.3) is 11.1 Å². The number of H-pyrrole nitrogens is 1. The van der Waals surface area contributed by atoms with Crippen LogP contribution in [0.4, 0.5) is 0 Å². The number of hydrogen-bond donors (Lipinski definition) is 2. The lowest BCUT2D eigenvalue weighted by Gasteiger charge is -2.15. The monoisotopic (exact) mass is 415 g/mol. The van der Waals surface area contributed by atoms with Crippen molar-refractivity contribution in [2.75, 3.05) is 6.26 Å². The molecule has 1 atom stereocenters. The van der Waals surface area contributed by atoms with Gasteiger partial charge in [-0.15, -0.1) is 0 Å². The van der Waals surface area contributed by atoms with Crippen LogP contribution in [0.1, 0.15) is 24.9 Å². The Kier molecular flexibility index (Phi) is 5.69. The highest BCUT2D eigenvalue weighted by molar-refractivity contribution is 7.90. The molecule has 29 heavy (non-hydrogen) atoms. The standard InChI is InChI=1S/C20H21N3O5S/c1-13(14-7-9-15(10-8-14)29(2,27)28)21-18(24)11-12-23-20(26)17-6-4-3-5-16(17)19(25)22-23/h3-10,13H,11-12H2,1-2H3,(H,21,24)(H,22,25)/t13-/m1/s1. The number of aryl methyl sites for hydroxylation is 1. The number of rotatable bonds is 6. The predicted octanol–water partition coefficient (Wildman–Crippen LogP) is 1.36. The first-order chi connectivity index (χ1) is 13.7. The lowest BCUT2D eigenvalue weighted by atomic mass is 10.1. The molecular formula is C20H21N3O5S. The average Bonchev–Trinajstić information content (AvgIpc) is 2.69. The fourth-order valence-electron chi connectivity index (χ4n) is 3.02. The molecule has 1 aromatic heterocycles. The SMILES string of the molecule is C[C@@H](NC(=O)CCn1[nH]c(=O)c2ccccc2c1=O)c1ccc(S(C)(=O)=O)cc1. The molecule has 0 bridgehead atoms. The van der Waals surface area contributed by atoms with Crippen molar-refractivity contribution in [2.24, 2.45) is 0 Å². The van der Waals surface area contributed by atoms with Crippen LogP contribution in [0.5, 0.6) is 0 Å². The van der Waals surface area contributed by atoms with Gasteiger partial charge >= 0.3 is 0 Å². The van der Waals surface area contributed by atoms with Crippen molar-refractivity contribution in [3.05, 3.63) is 74.8 Å². The van der Waals surface area contributed by atoms with Gasteiger partial charge in [-0.2, -0.15) is 0 Å². The fraction of sp³-hybridized carbons (Fsp3) is 0.250. The predicted molar refractivity (Wildman–Crippen MR) is 110 cm³/mol. The van der Waals surface area contributed by atoms with Crippen LogP contribution in [0.15, 0.2) is 63.0 Å². The molecule has 8 nitrogen and oxygen atoms in total. The zero-order valence-electron chi connectivity index (χ0n) is 16.0. The quantitative estimate of drug-likeness (QED) is 0.630. The first-order valence-corrected chi connectivity index (χ1v) is 10.9. The largest absolute Gasteiger partial charge is 0.350 e. The second-order valence-corrected chi connectivity index (χ2v) is 8.84. The second-order valence-electron chi connectivity index (χ2n) is 6.82. The molecule has 0 saturated heterocycles. The minimum Gasteiger partial charge on any atom is -0.350 e. The number of amides is 1. The molecule has 0 aliphatic rings. The van der Waals surface area contributed by atoms with Crippen molar-refractivity contribution in [2.45, 2.75) is 30.8 Å². The number of aromatic nitrogens is 2. The smallest absolute Gasteiger partial charge is 0.273 e. The summed E-state index contributed by atoms with van der Waals surface area (Å²) < 4.78 is 24.2. The van der Waals surface area contributed by atoms with E-state index in [9.17, 15) is 22.8 Å². The van der Waals surface area contributed by atoms with E-state index in [4.69, 9.17) is 0 Å². The molecule has 0 fully saturated rings. The van der Waals surface area contributed by atoms with Gasteiger partial charge in [0.1, 0.15) is 0 Å². The number of nitrogens with one attached hydrogen (secondary N) is 2. The maximum atomic E-state index is 12.5. The van der Waals surface area contributed by atoms with Crippen LogP contribution in [-0.4, -0.2) is 30.4 Å². The van der Waals surface area contributed by atoms with Crippen molar-refractivity contribution < 1.29 is 13.2 Å². The van der Waals surface area contributed by atoms with Gasteiger partial charge in [0.15, 0.2) is 9.84 Å². The van der Waals surface area contributed by atoms with Crippen LogP contribution in [0.2, 0.25) is 0 Å². The molecule has 1 amide bonds. The topological polar surface area (TPSA) is 118 Å². The molecule has 0 aliphatic heterocycles. The molecule has 0 spiro atoms. The Hall–Kier alpha value is -3.20. The molecule has 0 saturated carbocycles. The van der Waals surface area contributed by atoms with Crippen molar-refractivity contribution in [3.8, 4) is 0 Å². The van der Waals surface area contributed by atoms with Crippen molar-refractivity contribution >= 4 is 26.5 Å². The van der Waals surface area contributed by atoms with Gasteiger partial charge in [0, 0.05) is 12.7 Å². The lowest BCUT2D eigenvalue weighted by molar-refractivity contribution is -0.122. The van der Waals surface area contributed by atoms with Gasteiger partial charge in [0.05, 0.1) is 28.3 Å². The molecule has 2 N–H and O–H groups in total. The third-order valence-corrected chi connectivity index (χ3v) is 5.76. The van der Waals surface area contributed by atoms with E-state index in [2.05, 4.69) is 10.4 Å². The zero-order chi connectivity index (χ0) is 21.2. The van der Waals surface area contributed by atoms with Crippen molar-refractivity contribution in [3.63, 3.8) is 0 Å². The number of carbonyl (C=O) groups excluding carboxylic acids is 1. The van der Waals surface area contributed by atoms with E-state index >= 15 is 0 Å². The molecule has 3 aromatic rings. The molecule has 0 aliphatic carbocycles. The van der Waals surface area contributed by atoms with Gasteiger partial charge in [-0.1, -0.05) is 24.3 Å². The van der Waals surface area contributed by atoms with E-state index in [1.165, 1.54) is 12.1 Å². The normalized spacial score (nSPS) is 12.6. The lowest BCUT2D eigenvalue weighted by Crippen LogP contribution is -2.33. The summed E-state index contributed by atoms with van der Waals surface area (Å²) >= 11 is 0. The van der Waals surface area contributed by atoms with Crippen LogP contribution >= 0.6 is 0 Å². The van der Waals surface area contributed by atoms with Crippen LogP contribution in [0, 0.1) is 0 Å². The number of aromatic amines is 1. The fourth-order valence-corrected chi connectivity index (χ4v) is 3.65. The maximum absolute atomic E-state index is 12.5. The van der Waals surface area contributed by atoms with E-state index in [0.717, 1.165) is 16.5 Å². The molecule has 1 heterocycles. The number of nitrogens with zero attached hydrogens (tertiary/aromatic N) is 1. The number of hydrogen-bond acceptors (Lipinski definition) is 5. The molecular weight excluding hydrogens is 394 g/mol. The number of carbonyl (C=O) groups is 1. The van der Waals surface area contributed by atoms with E-state index in [1.54, 1.807) is 43.3 Å². The minimum atomic E-state index is -3.28. The summed E-state index contributed by atoms with van der Waals surface area (Å²) in [5.41, 5.74) is -0.000571. The number of benzene rings is 2. The molecule has 0 radical (unpaired) electrons. The van der Waals surface area contributed by atoms with Gasteiger partial charge < -0.3 is 5.32 Å². The van der Waals surface area contributed by atoms with E-state index in [-0.39, 0.29) is 40.9 Å². The number of fused-ring (bicyclic) bond motifs is 1. The highest BCUT2D eigenvalue weighted by Gasteiger charge is 2.13. The van der Waals surface area contributed by atoms with E-state index < -0.39 is 9.84 Å². The zero-order valence-corrected chi connectivity index (χ0v) is 16.8. The van der Waals surface area contributed by atoms with Crippen molar-refractivity contribution in [1.29, 1.82) is 0 Å². The third kappa shape index (κ3) is 4.62. The molecule has 2 aromatic carbocycles. The molecule has 9 heteroatoms. The Labute approximate surface area is 167 Å².